The summed E-state index contributed by atoms with van der Waals surface area (Å²) in [5, 5.41) is 14.4. The van der Waals surface area contributed by atoms with Crippen molar-refractivity contribution in [2.24, 2.45) is 5.92 Å². The second-order valence-electron chi connectivity index (χ2n) is 8.51. The van der Waals surface area contributed by atoms with Crippen molar-refractivity contribution in [2.75, 3.05) is 6.61 Å². The first kappa shape index (κ1) is 24.0. The molecule has 174 valence electrons. The smallest absolute Gasteiger partial charge is 0.407 e. The number of aliphatic carboxylic acids is 1. The molecule has 0 saturated carbocycles. The summed E-state index contributed by atoms with van der Waals surface area (Å²) >= 11 is 0. The lowest BCUT2D eigenvalue weighted by atomic mass is 9.98. The Morgan fingerprint density at radius 2 is 1.61 bits per heavy atom. The number of nitrogens with one attached hydrogen (secondary N) is 2. The second-order valence-corrected chi connectivity index (χ2v) is 8.51. The molecular weight excluding hydrogens is 420 g/mol. The van der Waals surface area contributed by atoms with E-state index in [1.807, 2.05) is 50.2 Å². The summed E-state index contributed by atoms with van der Waals surface area (Å²) in [6.45, 7) is 7.44. The van der Waals surface area contributed by atoms with Gasteiger partial charge in [0.1, 0.15) is 12.6 Å². The van der Waals surface area contributed by atoms with Crippen molar-refractivity contribution in [3.63, 3.8) is 0 Å². The monoisotopic (exact) mass is 450 g/mol. The van der Waals surface area contributed by atoms with Crippen molar-refractivity contribution in [2.45, 2.75) is 44.7 Å². The number of carboxylic acid groups (broad SMARTS) is 1. The molecule has 7 nitrogen and oxygen atoms in total. The van der Waals surface area contributed by atoms with Crippen LogP contribution in [0.4, 0.5) is 4.79 Å². The van der Waals surface area contributed by atoms with Gasteiger partial charge in [-0.15, -0.1) is 6.58 Å². The van der Waals surface area contributed by atoms with E-state index in [-0.39, 0.29) is 31.3 Å². The van der Waals surface area contributed by atoms with Crippen molar-refractivity contribution in [3.8, 4) is 11.1 Å². The predicted octanol–water partition coefficient (Wildman–Crippen LogP) is 4.09. The average Bonchev–Trinajstić information content (AvgIpc) is 3.10. The Bertz CT molecular complexity index is 987. The highest BCUT2D eigenvalue weighted by molar-refractivity contribution is 5.84. The highest BCUT2D eigenvalue weighted by Crippen LogP contribution is 2.44. The Kier molecular flexibility index (Phi) is 7.87. The summed E-state index contributed by atoms with van der Waals surface area (Å²) in [5.41, 5.74) is 4.53. The van der Waals surface area contributed by atoms with E-state index in [0.717, 1.165) is 22.3 Å². The number of ether oxygens (including phenoxy) is 1. The Morgan fingerprint density at radius 3 is 2.12 bits per heavy atom. The molecule has 1 aliphatic rings. The number of carbonyl (C=O) groups excluding carboxylic acids is 2. The van der Waals surface area contributed by atoms with Gasteiger partial charge in [0.05, 0.1) is 0 Å². The van der Waals surface area contributed by atoms with Gasteiger partial charge in [0.15, 0.2) is 0 Å². The van der Waals surface area contributed by atoms with Crippen molar-refractivity contribution in [1.82, 2.24) is 10.6 Å². The highest BCUT2D eigenvalue weighted by Gasteiger charge is 2.30. The number of fused-ring (bicyclic) bond motifs is 3. The summed E-state index contributed by atoms with van der Waals surface area (Å²) in [5.74, 6) is -1.70. The fourth-order valence-corrected chi connectivity index (χ4v) is 4.09. The van der Waals surface area contributed by atoms with Crippen LogP contribution in [0.3, 0.4) is 0 Å². The maximum Gasteiger partial charge on any atom is 0.407 e. The maximum atomic E-state index is 12.6. The van der Waals surface area contributed by atoms with Gasteiger partial charge in [-0.3, -0.25) is 4.79 Å². The quantitative estimate of drug-likeness (QED) is 0.473. The predicted molar refractivity (Wildman–Crippen MR) is 126 cm³/mol. The Balaban J connectivity index is 1.60. The molecule has 1 aliphatic carbocycles. The largest absolute Gasteiger partial charge is 0.480 e. The maximum absolute atomic E-state index is 12.6. The average molecular weight is 451 g/mol. The molecular formula is C26H30N2O5. The van der Waals surface area contributed by atoms with E-state index in [0.29, 0.717) is 0 Å². The third-order valence-corrected chi connectivity index (χ3v) is 5.89. The van der Waals surface area contributed by atoms with Crippen LogP contribution in [0.15, 0.2) is 61.2 Å². The highest BCUT2D eigenvalue weighted by atomic mass is 16.5. The lowest BCUT2D eigenvalue weighted by Crippen LogP contribution is -2.46. The van der Waals surface area contributed by atoms with Crippen LogP contribution in [0, 0.1) is 5.92 Å². The molecule has 0 aromatic heterocycles. The number of hydrogen-bond donors (Lipinski definition) is 3. The molecule has 1 unspecified atom stereocenters. The molecule has 0 saturated heterocycles. The van der Waals surface area contributed by atoms with Crippen LogP contribution in [-0.4, -0.2) is 41.8 Å². The molecule has 0 radical (unpaired) electrons. The van der Waals surface area contributed by atoms with Crippen LogP contribution in [0.5, 0.6) is 0 Å². The van der Waals surface area contributed by atoms with Crippen LogP contribution < -0.4 is 10.6 Å². The van der Waals surface area contributed by atoms with Crippen LogP contribution >= 0.6 is 0 Å². The molecule has 2 aromatic carbocycles. The zero-order valence-electron chi connectivity index (χ0n) is 18.9. The topological polar surface area (TPSA) is 105 Å². The molecule has 0 heterocycles. The molecule has 2 amide bonds. The zero-order valence-corrected chi connectivity index (χ0v) is 18.9. The summed E-state index contributed by atoms with van der Waals surface area (Å²) in [6.07, 6.45) is 0.897. The van der Waals surface area contributed by atoms with E-state index in [1.165, 1.54) is 6.08 Å². The number of carboxylic acids is 1. The van der Waals surface area contributed by atoms with Crippen LogP contribution in [0.2, 0.25) is 0 Å². The lowest BCUT2D eigenvalue weighted by molar-refractivity contribution is -0.141. The van der Waals surface area contributed by atoms with E-state index < -0.39 is 30.1 Å². The number of hydrogen-bond acceptors (Lipinski definition) is 4. The molecule has 0 spiro atoms. The van der Waals surface area contributed by atoms with Gasteiger partial charge in [0.2, 0.25) is 5.91 Å². The molecule has 2 aromatic rings. The zero-order chi connectivity index (χ0) is 24.0. The van der Waals surface area contributed by atoms with E-state index >= 15 is 0 Å². The molecule has 3 rings (SSSR count). The number of alkyl carbamates (subject to hydrolysis) is 1. The molecule has 0 bridgehead atoms. The molecule has 33 heavy (non-hydrogen) atoms. The molecule has 0 aliphatic heterocycles. The molecule has 2 atom stereocenters. The molecule has 7 heteroatoms. The number of benzene rings is 2. The van der Waals surface area contributed by atoms with Crippen molar-refractivity contribution >= 4 is 18.0 Å². The van der Waals surface area contributed by atoms with Crippen molar-refractivity contribution in [1.29, 1.82) is 0 Å². The first-order valence-corrected chi connectivity index (χ1v) is 11.1. The van der Waals surface area contributed by atoms with Crippen molar-refractivity contribution in [3.05, 3.63) is 72.3 Å². The van der Waals surface area contributed by atoms with Gasteiger partial charge in [0, 0.05) is 18.4 Å². The van der Waals surface area contributed by atoms with Gasteiger partial charge >= 0.3 is 12.1 Å². The Labute approximate surface area is 193 Å². The minimum absolute atomic E-state index is 0.0528. The Hall–Kier alpha value is -3.61. The van der Waals surface area contributed by atoms with Gasteiger partial charge in [-0.2, -0.15) is 0 Å². The van der Waals surface area contributed by atoms with Gasteiger partial charge in [-0.1, -0.05) is 68.5 Å². The molecule has 0 fully saturated rings. The Morgan fingerprint density at radius 1 is 1.03 bits per heavy atom. The lowest BCUT2D eigenvalue weighted by Gasteiger charge is -2.23. The SMILES string of the molecule is C=CCC(NC(=O)C[C@H](NC(=O)OCC1c2ccccc2-c2ccccc21)C(C)C)C(=O)O. The standard InChI is InChI=1S/C26H30N2O5/c1-4-9-22(25(30)31)27-24(29)14-23(16(2)3)28-26(32)33-15-21-19-12-7-5-10-17(19)18-11-6-8-13-20(18)21/h4-8,10-13,16,21-23H,1,9,14-15H2,2-3H3,(H,27,29)(H,28,32)(H,30,31)/t22?,23-/m0/s1. The van der Waals surface area contributed by atoms with Crippen LogP contribution in [-0.2, 0) is 14.3 Å². The third-order valence-electron chi connectivity index (χ3n) is 5.89. The summed E-state index contributed by atoms with van der Waals surface area (Å²) in [6, 6.07) is 14.6. The number of amides is 2. The van der Waals surface area contributed by atoms with Gasteiger partial charge in [-0.25, -0.2) is 9.59 Å². The minimum Gasteiger partial charge on any atom is -0.480 e. The normalized spacial score (nSPS) is 14.0. The summed E-state index contributed by atoms with van der Waals surface area (Å²) < 4.78 is 5.57. The fraction of sp³-hybridized carbons (Fsp3) is 0.346. The van der Waals surface area contributed by atoms with E-state index in [4.69, 9.17) is 4.74 Å². The first-order valence-electron chi connectivity index (χ1n) is 11.1. The molecule has 3 N–H and O–H groups in total. The third kappa shape index (κ3) is 5.80. The van der Waals surface area contributed by atoms with Gasteiger partial charge in [-0.05, 0) is 34.6 Å². The van der Waals surface area contributed by atoms with E-state index in [1.54, 1.807) is 0 Å². The first-order chi connectivity index (χ1) is 15.8. The second kappa shape index (κ2) is 10.8. The van der Waals surface area contributed by atoms with Crippen LogP contribution in [0.1, 0.15) is 43.7 Å². The number of rotatable bonds is 10. The fourth-order valence-electron chi connectivity index (χ4n) is 4.09. The summed E-state index contributed by atoms with van der Waals surface area (Å²) in [4.78, 5) is 36.2. The number of carbonyl (C=O) groups is 3. The van der Waals surface area contributed by atoms with Gasteiger partial charge < -0.3 is 20.5 Å². The van der Waals surface area contributed by atoms with E-state index in [9.17, 15) is 19.5 Å². The van der Waals surface area contributed by atoms with Gasteiger partial charge in [0.25, 0.3) is 0 Å². The minimum atomic E-state index is -1.13. The van der Waals surface area contributed by atoms with Crippen molar-refractivity contribution < 1.29 is 24.2 Å². The van der Waals surface area contributed by atoms with Crippen LogP contribution in [0.25, 0.3) is 11.1 Å². The summed E-state index contributed by atoms with van der Waals surface area (Å²) in [7, 11) is 0. The van der Waals surface area contributed by atoms with E-state index in [2.05, 4.69) is 29.3 Å².